The SMILES string of the molecule is Fc1cccc(-c2cccc(-c3ccc(-c4nc5ccccc5o4)cc3)c2)c1. The fourth-order valence-corrected chi connectivity index (χ4v) is 3.35. The van der Waals surface area contributed by atoms with Gasteiger partial charge in [-0.2, -0.15) is 0 Å². The molecule has 4 aromatic carbocycles. The molecular weight excluding hydrogens is 349 g/mol. The zero-order valence-electron chi connectivity index (χ0n) is 15.0. The first-order valence-corrected chi connectivity index (χ1v) is 9.09. The minimum atomic E-state index is -0.231. The Hall–Kier alpha value is -3.72. The van der Waals surface area contributed by atoms with Gasteiger partial charge in [0.2, 0.25) is 5.89 Å². The van der Waals surface area contributed by atoms with Crippen molar-refractivity contribution >= 4 is 11.1 Å². The van der Waals surface area contributed by atoms with E-state index in [-0.39, 0.29) is 5.82 Å². The standard InChI is InChI=1S/C25H16FNO/c26-22-8-4-7-21(16-22)20-6-3-5-19(15-20)17-11-13-18(14-12-17)25-27-23-9-1-2-10-24(23)28-25/h1-16H. The number of nitrogens with zero attached hydrogens (tertiary/aromatic N) is 1. The Bertz CT molecular complexity index is 1240. The molecule has 134 valence electrons. The van der Waals surface area contributed by atoms with Crippen molar-refractivity contribution in [3.05, 3.63) is 103 Å². The number of rotatable bonds is 3. The van der Waals surface area contributed by atoms with Gasteiger partial charge in [-0.25, -0.2) is 9.37 Å². The molecule has 0 atom stereocenters. The van der Waals surface area contributed by atoms with E-state index in [9.17, 15) is 4.39 Å². The van der Waals surface area contributed by atoms with E-state index < -0.39 is 0 Å². The molecule has 0 unspecified atom stereocenters. The van der Waals surface area contributed by atoms with Crippen LogP contribution in [-0.4, -0.2) is 4.98 Å². The fraction of sp³-hybridized carbons (Fsp3) is 0. The van der Waals surface area contributed by atoms with Crippen LogP contribution in [0.3, 0.4) is 0 Å². The number of hydrogen-bond acceptors (Lipinski definition) is 2. The van der Waals surface area contributed by atoms with Crippen LogP contribution in [0.15, 0.2) is 101 Å². The Morgan fingerprint density at radius 1 is 0.571 bits per heavy atom. The lowest BCUT2D eigenvalue weighted by atomic mass is 9.98. The van der Waals surface area contributed by atoms with Crippen LogP contribution in [0, 0.1) is 5.82 Å². The van der Waals surface area contributed by atoms with Crippen LogP contribution in [0.2, 0.25) is 0 Å². The van der Waals surface area contributed by atoms with Crippen molar-refractivity contribution < 1.29 is 8.81 Å². The maximum absolute atomic E-state index is 13.5. The highest BCUT2D eigenvalue weighted by molar-refractivity contribution is 5.77. The zero-order valence-corrected chi connectivity index (χ0v) is 15.0. The molecule has 0 N–H and O–H groups in total. The van der Waals surface area contributed by atoms with Gasteiger partial charge in [-0.1, -0.05) is 54.6 Å². The zero-order chi connectivity index (χ0) is 18.9. The van der Waals surface area contributed by atoms with Crippen LogP contribution in [0.1, 0.15) is 0 Å². The normalized spacial score (nSPS) is 11.0. The second-order valence-electron chi connectivity index (χ2n) is 6.66. The number of fused-ring (bicyclic) bond motifs is 1. The van der Waals surface area contributed by atoms with Gasteiger partial charge in [0.25, 0.3) is 0 Å². The highest BCUT2D eigenvalue weighted by atomic mass is 19.1. The Kier molecular flexibility index (Phi) is 3.99. The van der Waals surface area contributed by atoms with Gasteiger partial charge in [-0.15, -0.1) is 0 Å². The van der Waals surface area contributed by atoms with Gasteiger partial charge < -0.3 is 4.42 Å². The summed E-state index contributed by atoms with van der Waals surface area (Å²) in [5.74, 6) is 0.381. The molecule has 5 aromatic rings. The first kappa shape index (κ1) is 16.5. The number of halogens is 1. The monoisotopic (exact) mass is 365 g/mol. The maximum atomic E-state index is 13.5. The molecule has 0 saturated heterocycles. The third kappa shape index (κ3) is 3.08. The van der Waals surface area contributed by atoms with Crippen LogP contribution >= 0.6 is 0 Å². The number of para-hydroxylation sites is 2. The van der Waals surface area contributed by atoms with Crippen LogP contribution < -0.4 is 0 Å². The molecule has 1 aromatic heterocycles. The summed E-state index contributed by atoms with van der Waals surface area (Å²) in [6.45, 7) is 0. The van der Waals surface area contributed by atoms with Crippen molar-refractivity contribution in [1.29, 1.82) is 0 Å². The lowest BCUT2D eigenvalue weighted by Gasteiger charge is -2.07. The summed E-state index contributed by atoms with van der Waals surface area (Å²) in [5.41, 5.74) is 6.57. The molecule has 0 radical (unpaired) electrons. The maximum Gasteiger partial charge on any atom is 0.227 e. The largest absolute Gasteiger partial charge is 0.436 e. The summed E-state index contributed by atoms with van der Waals surface area (Å²) in [4.78, 5) is 4.55. The van der Waals surface area contributed by atoms with Crippen LogP contribution in [-0.2, 0) is 0 Å². The molecule has 0 spiro atoms. The van der Waals surface area contributed by atoms with E-state index in [1.807, 2.05) is 54.6 Å². The van der Waals surface area contributed by atoms with E-state index in [1.54, 1.807) is 12.1 Å². The Morgan fingerprint density at radius 3 is 1.96 bits per heavy atom. The average molecular weight is 365 g/mol. The lowest BCUT2D eigenvalue weighted by Crippen LogP contribution is -1.83. The van der Waals surface area contributed by atoms with Crippen molar-refractivity contribution in [1.82, 2.24) is 4.98 Å². The van der Waals surface area contributed by atoms with Gasteiger partial charge in [-0.05, 0) is 64.7 Å². The number of aromatic nitrogens is 1. The summed E-state index contributed by atoms with van der Waals surface area (Å²) in [6, 6.07) is 30.6. The van der Waals surface area contributed by atoms with E-state index in [2.05, 4.69) is 29.2 Å². The van der Waals surface area contributed by atoms with Gasteiger partial charge in [0.1, 0.15) is 11.3 Å². The second kappa shape index (κ2) is 6.78. The first-order valence-electron chi connectivity index (χ1n) is 9.09. The summed E-state index contributed by atoms with van der Waals surface area (Å²) in [7, 11) is 0. The highest BCUT2D eigenvalue weighted by Crippen LogP contribution is 2.29. The number of oxazole rings is 1. The lowest BCUT2D eigenvalue weighted by molar-refractivity contribution is 0.620. The average Bonchev–Trinajstić information content (AvgIpc) is 3.18. The molecule has 0 aliphatic heterocycles. The van der Waals surface area contributed by atoms with E-state index in [0.29, 0.717) is 5.89 Å². The molecule has 0 saturated carbocycles. The molecule has 1 heterocycles. The fourth-order valence-electron chi connectivity index (χ4n) is 3.35. The summed E-state index contributed by atoms with van der Waals surface area (Å²) < 4.78 is 19.4. The van der Waals surface area contributed by atoms with Crippen molar-refractivity contribution in [2.24, 2.45) is 0 Å². The van der Waals surface area contributed by atoms with Crippen LogP contribution in [0.4, 0.5) is 4.39 Å². The van der Waals surface area contributed by atoms with Crippen molar-refractivity contribution in [2.45, 2.75) is 0 Å². The predicted molar refractivity (Wildman–Crippen MR) is 110 cm³/mol. The minimum Gasteiger partial charge on any atom is -0.436 e. The quantitative estimate of drug-likeness (QED) is 0.345. The Labute approximate surface area is 161 Å². The van der Waals surface area contributed by atoms with Crippen LogP contribution in [0.25, 0.3) is 44.8 Å². The first-order chi connectivity index (χ1) is 13.8. The van der Waals surface area contributed by atoms with Gasteiger partial charge in [0, 0.05) is 5.56 Å². The topological polar surface area (TPSA) is 26.0 Å². The second-order valence-corrected chi connectivity index (χ2v) is 6.66. The predicted octanol–water partition coefficient (Wildman–Crippen LogP) is 6.97. The Balaban J connectivity index is 1.48. The van der Waals surface area contributed by atoms with Gasteiger partial charge >= 0.3 is 0 Å². The molecule has 0 aliphatic carbocycles. The van der Waals surface area contributed by atoms with E-state index >= 15 is 0 Å². The number of hydrogen-bond donors (Lipinski definition) is 0. The van der Waals surface area contributed by atoms with E-state index in [1.165, 1.54) is 6.07 Å². The minimum absolute atomic E-state index is 0.231. The third-order valence-corrected chi connectivity index (χ3v) is 4.78. The van der Waals surface area contributed by atoms with Crippen molar-refractivity contribution in [3.8, 4) is 33.7 Å². The van der Waals surface area contributed by atoms with Crippen molar-refractivity contribution in [2.75, 3.05) is 0 Å². The molecule has 0 amide bonds. The molecule has 28 heavy (non-hydrogen) atoms. The van der Waals surface area contributed by atoms with Gasteiger partial charge in [-0.3, -0.25) is 0 Å². The third-order valence-electron chi connectivity index (χ3n) is 4.78. The summed E-state index contributed by atoms with van der Waals surface area (Å²) in [6.07, 6.45) is 0. The van der Waals surface area contributed by atoms with E-state index in [4.69, 9.17) is 4.42 Å². The van der Waals surface area contributed by atoms with Crippen molar-refractivity contribution in [3.63, 3.8) is 0 Å². The molecule has 5 rings (SSSR count). The molecule has 0 fully saturated rings. The highest BCUT2D eigenvalue weighted by Gasteiger charge is 2.08. The molecule has 0 aliphatic rings. The van der Waals surface area contributed by atoms with Gasteiger partial charge in [0.15, 0.2) is 5.58 Å². The molecule has 0 bridgehead atoms. The van der Waals surface area contributed by atoms with Gasteiger partial charge in [0.05, 0.1) is 0 Å². The molecule has 2 nitrogen and oxygen atoms in total. The summed E-state index contributed by atoms with van der Waals surface area (Å²) in [5, 5.41) is 0. The number of benzene rings is 4. The molecule has 3 heteroatoms. The molecular formula is C25H16FNO. The Morgan fingerprint density at radius 2 is 1.21 bits per heavy atom. The smallest absolute Gasteiger partial charge is 0.227 e. The summed E-state index contributed by atoms with van der Waals surface area (Å²) >= 11 is 0. The van der Waals surface area contributed by atoms with Crippen LogP contribution in [0.5, 0.6) is 0 Å². The van der Waals surface area contributed by atoms with E-state index in [0.717, 1.165) is 38.9 Å².